The van der Waals surface area contributed by atoms with Gasteiger partial charge >= 0.3 is 12.0 Å². The van der Waals surface area contributed by atoms with E-state index in [-0.39, 0.29) is 21.6 Å². The van der Waals surface area contributed by atoms with Gasteiger partial charge in [0.1, 0.15) is 0 Å². The second-order valence-electron chi connectivity index (χ2n) is 5.99. The minimum Gasteiger partial charge on any atom is -0.481 e. The number of urea groups is 1. The van der Waals surface area contributed by atoms with Crippen molar-refractivity contribution < 1.29 is 19.5 Å². The van der Waals surface area contributed by atoms with Crippen molar-refractivity contribution in [2.75, 3.05) is 0 Å². The number of carboxylic acids is 1. The van der Waals surface area contributed by atoms with Crippen LogP contribution in [0.15, 0.2) is 47.5 Å². The molecule has 0 heterocycles. The fourth-order valence-electron chi connectivity index (χ4n) is 2.45. The van der Waals surface area contributed by atoms with E-state index in [2.05, 4.69) is 21.2 Å². The van der Waals surface area contributed by atoms with Gasteiger partial charge in [-0.1, -0.05) is 29.3 Å². The van der Waals surface area contributed by atoms with Crippen LogP contribution in [-0.4, -0.2) is 29.0 Å². The maximum absolute atomic E-state index is 12.2. The maximum Gasteiger partial charge on any atom is 0.333 e. The Morgan fingerprint density at radius 1 is 1.03 bits per heavy atom. The highest BCUT2D eigenvalue weighted by molar-refractivity contribution is 6.34. The van der Waals surface area contributed by atoms with Crippen LogP contribution < -0.4 is 27.6 Å². The van der Waals surface area contributed by atoms with Crippen LogP contribution in [0, 0.1) is 0 Å². The van der Waals surface area contributed by atoms with Gasteiger partial charge in [0.05, 0.1) is 18.2 Å². The van der Waals surface area contributed by atoms with Crippen molar-refractivity contribution in [2.24, 2.45) is 16.5 Å². The molecule has 0 aromatic heterocycles. The molecule has 0 saturated carbocycles. The van der Waals surface area contributed by atoms with E-state index in [1.807, 2.05) is 0 Å². The second kappa shape index (κ2) is 10.3. The number of hydrogen-bond donors (Lipinski definition) is 6. The van der Waals surface area contributed by atoms with Gasteiger partial charge in [0.15, 0.2) is 5.96 Å². The molecule has 0 fully saturated rings. The summed E-state index contributed by atoms with van der Waals surface area (Å²) in [4.78, 5) is 39.4. The van der Waals surface area contributed by atoms with Crippen molar-refractivity contribution in [2.45, 2.75) is 12.5 Å². The van der Waals surface area contributed by atoms with Gasteiger partial charge in [0, 0.05) is 15.6 Å². The second-order valence-corrected chi connectivity index (χ2v) is 6.87. The third kappa shape index (κ3) is 7.15. The number of benzene rings is 2. The SMILES string of the molecule is NC(N)=Nc1cccc(C(=O)NNC(=O)NC(CC(=O)O)c2cc(Cl)cc(Cl)c2)c1. The Morgan fingerprint density at radius 2 is 1.70 bits per heavy atom. The van der Waals surface area contributed by atoms with Crippen LogP contribution in [0.25, 0.3) is 0 Å². The van der Waals surface area contributed by atoms with Gasteiger partial charge in [0.25, 0.3) is 5.91 Å². The summed E-state index contributed by atoms with van der Waals surface area (Å²) in [6.07, 6.45) is -0.432. The Hall–Kier alpha value is -3.50. The first kappa shape index (κ1) is 22.8. The summed E-state index contributed by atoms with van der Waals surface area (Å²) in [6, 6.07) is 8.70. The van der Waals surface area contributed by atoms with Gasteiger partial charge < -0.3 is 21.9 Å². The molecule has 0 radical (unpaired) electrons. The van der Waals surface area contributed by atoms with Crippen LogP contribution in [0.1, 0.15) is 28.4 Å². The lowest BCUT2D eigenvalue weighted by molar-refractivity contribution is -0.137. The summed E-state index contributed by atoms with van der Waals surface area (Å²) in [5, 5.41) is 12.1. The molecule has 10 nitrogen and oxygen atoms in total. The molecule has 12 heteroatoms. The molecular weight excluding hydrogens is 435 g/mol. The lowest BCUT2D eigenvalue weighted by Crippen LogP contribution is -2.48. The predicted molar refractivity (Wildman–Crippen MR) is 113 cm³/mol. The van der Waals surface area contributed by atoms with Gasteiger partial charge in [-0.05, 0) is 42.0 Å². The van der Waals surface area contributed by atoms with Gasteiger partial charge in [-0.15, -0.1) is 0 Å². The number of hydrazine groups is 1. The van der Waals surface area contributed by atoms with E-state index in [0.29, 0.717) is 11.3 Å². The fraction of sp³-hybridized carbons (Fsp3) is 0.111. The van der Waals surface area contributed by atoms with E-state index in [9.17, 15) is 14.4 Å². The van der Waals surface area contributed by atoms with E-state index < -0.39 is 30.4 Å². The van der Waals surface area contributed by atoms with Gasteiger partial charge in [-0.3, -0.25) is 15.0 Å². The highest BCUT2D eigenvalue weighted by Crippen LogP contribution is 2.25. The van der Waals surface area contributed by atoms with E-state index in [4.69, 9.17) is 39.8 Å². The minimum absolute atomic E-state index is 0.171. The molecule has 30 heavy (non-hydrogen) atoms. The Balaban J connectivity index is 2.04. The third-order valence-electron chi connectivity index (χ3n) is 3.63. The van der Waals surface area contributed by atoms with Crippen molar-refractivity contribution in [3.05, 3.63) is 63.6 Å². The number of carbonyl (C=O) groups excluding carboxylic acids is 2. The molecule has 3 amide bonds. The summed E-state index contributed by atoms with van der Waals surface area (Å²) < 4.78 is 0. The number of guanidine groups is 1. The average Bonchev–Trinajstić information content (AvgIpc) is 2.64. The molecule has 0 spiro atoms. The monoisotopic (exact) mass is 452 g/mol. The normalized spacial score (nSPS) is 11.1. The number of aliphatic carboxylic acids is 1. The number of carboxylic acid groups (broad SMARTS) is 1. The Morgan fingerprint density at radius 3 is 2.30 bits per heavy atom. The third-order valence-corrected chi connectivity index (χ3v) is 4.06. The van der Waals surface area contributed by atoms with E-state index >= 15 is 0 Å². The maximum atomic E-state index is 12.2. The lowest BCUT2D eigenvalue weighted by Gasteiger charge is -2.18. The molecule has 0 saturated heterocycles. The number of carbonyl (C=O) groups is 3. The van der Waals surface area contributed by atoms with Crippen molar-refractivity contribution >= 4 is 52.8 Å². The fourth-order valence-corrected chi connectivity index (χ4v) is 2.99. The summed E-state index contributed by atoms with van der Waals surface area (Å²) in [7, 11) is 0. The van der Waals surface area contributed by atoms with Crippen LogP contribution in [0.2, 0.25) is 10.0 Å². The minimum atomic E-state index is -1.16. The Kier molecular flexibility index (Phi) is 7.84. The van der Waals surface area contributed by atoms with Crippen molar-refractivity contribution in [3.63, 3.8) is 0 Å². The first-order chi connectivity index (χ1) is 14.1. The number of nitrogens with zero attached hydrogens (tertiary/aromatic N) is 1. The number of amides is 3. The molecule has 0 bridgehead atoms. The number of halogens is 2. The molecule has 0 aliphatic rings. The molecule has 2 aromatic rings. The summed E-state index contributed by atoms with van der Waals surface area (Å²) >= 11 is 11.9. The summed E-state index contributed by atoms with van der Waals surface area (Å²) in [5.41, 5.74) is 15.9. The largest absolute Gasteiger partial charge is 0.481 e. The molecule has 1 unspecified atom stereocenters. The molecule has 0 aliphatic carbocycles. The molecule has 1 atom stereocenters. The van der Waals surface area contributed by atoms with Crippen LogP contribution >= 0.6 is 23.2 Å². The zero-order valence-electron chi connectivity index (χ0n) is 15.4. The number of rotatable bonds is 6. The smallest absolute Gasteiger partial charge is 0.333 e. The van der Waals surface area contributed by atoms with Crippen LogP contribution in [-0.2, 0) is 4.79 Å². The van der Waals surface area contributed by atoms with Gasteiger partial charge in [-0.2, -0.15) is 0 Å². The molecule has 2 rings (SSSR count). The van der Waals surface area contributed by atoms with Gasteiger partial charge in [0.2, 0.25) is 0 Å². The number of nitrogens with one attached hydrogen (secondary N) is 3. The zero-order chi connectivity index (χ0) is 22.3. The van der Waals surface area contributed by atoms with E-state index in [1.54, 1.807) is 12.1 Å². The van der Waals surface area contributed by atoms with E-state index in [1.165, 1.54) is 30.3 Å². The molecular formula is C18H18Cl2N6O4. The Bertz CT molecular complexity index is 974. The number of nitrogens with two attached hydrogens (primary N) is 2. The summed E-state index contributed by atoms with van der Waals surface area (Å²) in [6.45, 7) is 0. The molecule has 158 valence electrons. The Labute approximate surface area is 181 Å². The number of aliphatic imine (C=N–C) groups is 1. The highest BCUT2D eigenvalue weighted by Gasteiger charge is 2.19. The quantitative estimate of drug-likeness (QED) is 0.222. The standard InChI is InChI=1S/C18H18Cl2N6O4/c19-11-4-10(5-12(20)7-11)14(8-15(27)28)24-18(30)26-25-16(29)9-2-1-3-13(6-9)23-17(21)22/h1-7,14H,8H2,(H,25,29)(H,27,28)(H4,21,22,23)(H2,24,26,30). The van der Waals surface area contributed by atoms with Gasteiger partial charge in [-0.25, -0.2) is 15.2 Å². The van der Waals surface area contributed by atoms with Crippen LogP contribution in [0.3, 0.4) is 0 Å². The first-order valence-corrected chi connectivity index (χ1v) is 9.14. The first-order valence-electron chi connectivity index (χ1n) is 8.38. The average molecular weight is 453 g/mol. The predicted octanol–water partition coefficient (Wildman–Crippen LogP) is 2.06. The van der Waals surface area contributed by atoms with Crippen molar-refractivity contribution in [3.8, 4) is 0 Å². The molecule has 2 aromatic carbocycles. The molecule has 8 N–H and O–H groups in total. The van der Waals surface area contributed by atoms with E-state index in [0.717, 1.165) is 0 Å². The summed E-state index contributed by atoms with van der Waals surface area (Å²) in [5.74, 6) is -1.97. The topological polar surface area (TPSA) is 172 Å². The molecule has 0 aliphatic heterocycles. The highest BCUT2D eigenvalue weighted by atomic mass is 35.5. The van der Waals surface area contributed by atoms with Crippen LogP contribution in [0.5, 0.6) is 0 Å². The van der Waals surface area contributed by atoms with Crippen molar-refractivity contribution in [1.82, 2.24) is 16.2 Å². The van der Waals surface area contributed by atoms with Crippen LogP contribution in [0.4, 0.5) is 10.5 Å². The lowest BCUT2D eigenvalue weighted by atomic mass is 10.0. The number of hydrogen-bond acceptors (Lipinski definition) is 4. The zero-order valence-corrected chi connectivity index (χ0v) is 16.9. The van der Waals surface area contributed by atoms with Crippen molar-refractivity contribution in [1.29, 1.82) is 0 Å².